The average Bonchev–Trinajstić information content (AvgIpc) is 2.13. The van der Waals surface area contributed by atoms with Crippen LogP contribution in [0.3, 0.4) is 0 Å². The first-order valence-corrected chi connectivity index (χ1v) is 5.23. The summed E-state index contributed by atoms with van der Waals surface area (Å²) >= 11 is 0. The maximum atomic E-state index is 11.4. The standard InChI is InChI=1S/C10H20N2O3/c1-4-15-9(13)6-12-10(14)8(11)5-7(2)3/h7-8H,4-6,11H2,1-3H3,(H,12,14)/p+1/t8-/m1/s1. The quantitative estimate of drug-likeness (QED) is 0.578. The van der Waals surface area contributed by atoms with Crippen molar-refractivity contribution in [2.24, 2.45) is 5.92 Å². The Morgan fingerprint density at radius 2 is 2.00 bits per heavy atom. The Kier molecular flexibility index (Phi) is 6.70. The van der Waals surface area contributed by atoms with Gasteiger partial charge in [-0.2, -0.15) is 0 Å². The molecule has 0 radical (unpaired) electrons. The van der Waals surface area contributed by atoms with E-state index in [0.29, 0.717) is 18.9 Å². The van der Waals surface area contributed by atoms with Gasteiger partial charge >= 0.3 is 5.97 Å². The first kappa shape index (κ1) is 13.9. The van der Waals surface area contributed by atoms with Crippen molar-refractivity contribution >= 4 is 11.9 Å². The third-order valence-electron chi connectivity index (χ3n) is 1.84. The summed E-state index contributed by atoms with van der Waals surface area (Å²) in [5.41, 5.74) is 3.74. The first-order chi connectivity index (χ1) is 6.97. The van der Waals surface area contributed by atoms with E-state index in [1.165, 1.54) is 0 Å². The molecular formula is C10H21N2O3+. The van der Waals surface area contributed by atoms with Crippen molar-refractivity contribution in [2.45, 2.75) is 33.2 Å². The van der Waals surface area contributed by atoms with E-state index in [9.17, 15) is 9.59 Å². The zero-order valence-electron chi connectivity index (χ0n) is 9.71. The van der Waals surface area contributed by atoms with Crippen LogP contribution in [0.1, 0.15) is 27.2 Å². The molecule has 88 valence electrons. The van der Waals surface area contributed by atoms with Crippen molar-refractivity contribution in [3.63, 3.8) is 0 Å². The van der Waals surface area contributed by atoms with Crippen LogP contribution in [-0.4, -0.2) is 31.1 Å². The van der Waals surface area contributed by atoms with Crippen LogP contribution in [0.2, 0.25) is 0 Å². The van der Waals surface area contributed by atoms with Crippen LogP contribution in [-0.2, 0) is 14.3 Å². The number of esters is 1. The Morgan fingerprint density at radius 1 is 1.40 bits per heavy atom. The molecule has 0 heterocycles. The number of carbonyl (C=O) groups is 2. The highest BCUT2D eigenvalue weighted by Gasteiger charge is 2.18. The largest absolute Gasteiger partial charge is 0.465 e. The second-order valence-corrected chi connectivity index (χ2v) is 3.85. The Morgan fingerprint density at radius 3 is 2.47 bits per heavy atom. The second kappa shape index (κ2) is 7.23. The summed E-state index contributed by atoms with van der Waals surface area (Å²) in [6.07, 6.45) is 0.717. The Labute approximate surface area is 90.4 Å². The molecule has 0 aliphatic carbocycles. The zero-order valence-corrected chi connectivity index (χ0v) is 9.71. The molecule has 5 heteroatoms. The van der Waals surface area contributed by atoms with E-state index >= 15 is 0 Å². The van der Waals surface area contributed by atoms with Gasteiger partial charge in [-0.15, -0.1) is 0 Å². The molecule has 0 spiro atoms. The minimum Gasteiger partial charge on any atom is -0.465 e. The number of amides is 1. The van der Waals surface area contributed by atoms with Gasteiger partial charge in [-0.05, 0) is 12.8 Å². The van der Waals surface area contributed by atoms with Gasteiger partial charge in [0.1, 0.15) is 6.54 Å². The third-order valence-corrected chi connectivity index (χ3v) is 1.84. The second-order valence-electron chi connectivity index (χ2n) is 3.85. The van der Waals surface area contributed by atoms with E-state index in [4.69, 9.17) is 0 Å². The van der Waals surface area contributed by atoms with E-state index in [-0.39, 0.29) is 18.5 Å². The van der Waals surface area contributed by atoms with E-state index in [1.807, 2.05) is 13.8 Å². The van der Waals surface area contributed by atoms with Crippen molar-refractivity contribution in [1.82, 2.24) is 5.32 Å². The summed E-state index contributed by atoms with van der Waals surface area (Å²) in [7, 11) is 0. The van der Waals surface area contributed by atoms with Crippen LogP contribution in [0.15, 0.2) is 0 Å². The average molecular weight is 217 g/mol. The van der Waals surface area contributed by atoms with Gasteiger partial charge in [0.25, 0.3) is 5.91 Å². The summed E-state index contributed by atoms with van der Waals surface area (Å²) < 4.78 is 4.68. The highest BCUT2D eigenvalue weighted by atomic mass is 16.5. The van der Waals surface area contributed by atoms with Crippen LogP contribution in [0.25, 0.3) is 0 Å². The van der Waals surface area contributed by atoms with E-state index in [1.54, 1.807) is 6.92 Å². The van der Waals surface area contributed by atoms with E-state index < -0.39 is 5.97 Å². The zero-order chi connectivity index (χ0) is 11.8. The molecular weight excluding hydrogens is 196 g/mol. The third kappa shape index (κ3) is 6.90. The van der Waals surface area contributed by atoms with Crippen LogP contribution in [0.4, 0.5) is 0 Å². The highest BCUT2D eigenvalue weighted by Crippen LogP contribution is 2.00. The van der Waals surface area contributed by atoms with Gasteiger partial charge in [0, 0.05) is 6.42 Å². The summed E-state index contributed by atoms with van der Waals surface area (Å²) in [6.45, 7) is 6.03. The summed E-state index contributed by atoms with van der Waals surface area (Å²) in [6, 6.07) is -0.306. The molecule has 0 aromatic rings. The number of hydrogen-bond acceptors (Lipinski definition) is 3. The molecule has 0 fully saturated rings. The summed E-state index contributed by atoms with van der Waals surface area (Å²) in [5.74, 6) is -0.194. The smallest absolute Gasteiger partial charge is 0.325 e. The van der Waals surface area contributed by atoms with Crippen molar-refractivity contribution in [2.75, 3.05) is 13.2 Å². The number of rotatable bonds is 6. The number of hydrogen-bond donors (Lipinski definition) is 2. The molecule has 0 bridgehead atoms. The summed E-state index contributed by atoms with van der Waals surface area (Å²) in [5, 5.41) is 2.50. The van der Waals surface area contributed by atoms with Gasteiger partial charge in [-0.3, -0.25) is 9.59 Å². The van der Waals surface area contributed by atoms with Crippen molar-refractivity contribution < 1.29 is 20.1 Å². The fraction of sp³-hybridized carbons (Fsp3) is 0.800. The fourth-order valence-electron chi connectivity index (χ4n) is 1.19. The van der Waals surface area contributed by atoms with Crippen LogP contribution in [0, 0.1) is 5.92 Å². The molecule has 0 unspecified atom stereocenters. The van der Waals surface area contributed by atoms with Crippen molar-refractivity contribution in [1.29, 1.82) is 0 Å². The fourth-order valence-corrected chi connectivity index (χ4v) is 1.19. The molecule has 0 saturated heterocycles. The normalized spacial score (nSPS) is 12.3. The molecule has 0 aliphatic rings. The molecule has 4 N–H and O–H groups in total. The van der Waals surface area contributed by atoms with Crippen molar-refractivity contribution in [3.8, 4) is 0 Å². The molecule has 0 saturated carbocycles. The SMILES string of the molecule is CCOC(=O)CNC(=O)[C@H]([NH3+])CC(C)C. The predicted octanol–water partition coefficient (Wildman–Crippen LogP) is -0.678. The van der Waals surface area contributed by atoms with E-state index in [2.05, 4.69) is 15.8 Å². The monoisotopic (exact) mass is 217 g/mol. The van der Waals surface area contributed by atoms with Gasteiger partial charge < -0.3 is 15.8 Å². The maximum Gasteiger partial charge on any atom is 0.325 e. The lowest BCUT2D eigenvalue weighted by Crippen LogP contribution is -2.68. The highest BCUT2D eigenvalue weighted by molar-refractivity contribution is 5.84. The molecule has 1 atom stereocenters. The van der Waals surface area contributed by atoms with Gasteiger partial charge in [-0.25, -0.2) is 0 Å². The molecule has 0 aromatic heterocycles. The van der Waals surface area contributed by atoms with Gasteiger partial charge in [-0.1, -0.05) is 13.8 Å². The van der Waals surface area contributed by atoms with Crippen LogP contribution in [0.5, 0.6) is 0 Å². The Hall–Kier alpha value is -1.10. The first-order valence-electron chi connectivity index (χ1n) is 5.23. The molecule has 0 aromatic carbocycles. The summed E-state index contributed by atoms with van der Waals surface area (Å²) in [4.78, 5) is 22.3. The number of ether oxygens (including phenoxy) is 1. The number of quaternary nitrogens is 1. The molecule has 0 aliphatic heterocycles. The lowest BCUT2D eigenvalue weighted by atomic mass is 10.0. The molecule has 1 amide bonds. The number of nitrogens with one attached hydrogen (secondary N) is 1. The van der Waals surface area contributed by atoms with Gasteiger partial charge in [0.2, 0.25) is 0 Å². The van der Waals surface area contributed by atoms with Gasteiger partial charge in [0.05, 0.1) is 6.61 Å². The lowest BCUT2D eigenvalue weighted by molar-refractivity contribution is -0.406. The molecule has 0 rings (SSSR count). The van der Waals surface area contributed by atoms with Crippen LogP contribution < -0.4 is 11.1 Å². The van der Waals surface area contributed by atoms with Gasteiger partial charge in [0.15, 0.2) is 6.04 Å². The minimum atomic E-state index is -0.414. The number of carbonyl (C=O) groups excluding carboxylic acids is 2. The molecule has 5 nitrogen and oxygen atoms in total. The topological polar surface area (TPSA) is 83.0 Å². The maximum absolute atomic E-state index is 11.4. The molecule has 15 heavy (non-hydrogen) atoms. The Balaban J connectivity index is 3.78. The minimum absolute atomic E-state index is 0.0726. The van der Waals surface area contributed by atoms with E-state index in [0.717, 1.165) is 0 Å². The Bertz CT molecular complexity index is 217. The van der Waals surface area contributed by atoms with Crippen molar-refractivity contribution in [3.05, 3.63) is 0 Å². The van der Waals surface area contributed by atoms with Crippen LogP contribution >= 0.6 is 0 Å². The lowest BCUT2D eigenvalue weighted by Gasteiger charge is -2.10. The predicted molar refractivity (Wildman–Crippen MR) is 55.8 cm³/mol.